The number of carbonyl (C=O) groups is 1. The Bertz CT molecular complexity index is 909. The largest absolute Gasteiger partial charge is 0.360 e. The lowest BCUT2D eigenvalue weighted by Crippen LogP contribution is -2.12. The van der Waals surface area contributed by atoms with Crippen LogP contribution in [0.3, 0.4) is 0 Å². The first-order valence-electron chi connectivity index (χ1n) is 7.11. The van der Waals surface area contributed by atoms with E-state index in [1.54, 1.807) is 49.5 Å². The molecular formula is C17H13N5O2. The Kier molecular flexibility index (Phi) is 4.21. The van der Waals surface area contributed by atoms with Crippen LogP contribution in [0.15, 0.2) is 53.3 Å². The van der Waals surface area contributed by atoms with Gasteiger partial charge in [0.05, 0.1) is 29.1 Å². The van der Waals surface area contributed by atoms with Crippen LogP contribution in [0.2, 0.25) is 0 Å². The number of aryl methyl sites for hydroxylation is 1. The summed E-state index contributed by atoms with van der Waals surface area (Å²) in [5.41, 5.74) is 2.41. The highest BCUT2D eigenvalue weighted by atomic mass is 16.5. The monoisotopic (exact) mass is 319 g/mol. The van der Waals surface area contributed by atoms with Crippen molar-refractivity contribution in [3.8, 4) is 6.07 Å². The van der Waals surface area contributed by atoms with Gasteiger partial charge < -0.3 is 15.2 Å². The number of aromatic nitrogens is 2. The molecule has 0 spiro atoms. The molecule has 7 nitrogen and oxygen atoms in total. The molecule has 0 aliphatic carbocycles. The number of anilines is 3. The molecule has 3 rings (SSSR count). The van der Waals surface area contributed by atoms with E-state index < -0.39 is 0 Å². The first-order chi connectivity index (χ1) is 11.6. The van der Waals surface area contributed by atoms with E-state index in [9.17, 15) is 4.79 Å². The highest BCUT2D eigenvalue weighted by molar-refractivity contribution is 6.04. The fraction of sp³-hybridized carbons (Fsp3) is 0.0588. The summed E-state index contributed by atoms with van der Waals surface area (Å²) in [6, 6.07) is 12.3. The number of hydrogen-bond donors (Lipinski definition) is 2. The molecule has 24 heavy (non-hydrogen) atoms. The molecular weight excluding hydrogens is 306 g/mol. The molecule has 0 aliphatic rings. The van der Waals surface area contributed by atoms with E-state index in [0.29, 0.717) is 28.4 Å². The Balaban J connectivity index is 1.73. The van der Waals surface area contributed by atoms with Crippen LogP contribution < -0.4 is 10.6 Å². The molecule has 0 fully saturated rings. The first kappa shape index (κ1) is 15.2. The van der Waals surface area contributed by atoms with E-state index in [1.165, 1.54) is 6.20 Å². The maximum Gasteiger partial charge on any atom is 0.258 e. The van der Waals surface area contributed by atoms with E-state index in [-0.39, 0.29) is 5.91 Å². The van der Waals surface area contributed by atoms with Gasteiger partial charge in [0.2, 0.25) is 0 Å². The molecule has 0 unspecified atom stereocenters. The van der Waals surface area contributed by atoms with E-state index in [1.807, 2.05) is 0 Å². The number of hydrogen-bond acceptors (Lipinski definition) is 6. The Morgan fingerprint density at radius 3 is 2.62 bits per heavy atom. The van der Waals surface area contributed by atoms with Crippen LogP contribution in [0.4, 0.5) is 17.2 Å². The fourth-order valence-electron chi connectivity index (χ4n) is 2.04. The van der Waals surface area contributed by atoms with Crippen LogP contribution in [-0.2, 0) is 0 Å². The molecule has 118 valence electrons. The summed E-state index contributed by atoms with van der Waals surface area (Å²) in [7, 11) is 0. The van der Waals surface area contributed by atoms with E-state index in [2.05, 4.69) is 26.8 Å². The first-order valence-corrected chi connectivity index (χ1v) is 7.11. The molecule has 2 heterocycles. The summed E-state index contributed by atoms with van der Waals surface area (Å²) in [6.07, 6.45) is 3.07. The number of nitriles is 1. The van der Waals surface area contributed by atoms with Gasteiger partial charge in [-0.05, 0) is 37.3 Å². The van der Waals surface area contributed by atoms with Crippen LogP contribution >= 0.6 is 0 Å². The zero-order valence-corrected chi connectivity index (χ0v) is 12.8. The zero-order chi connectivity index (χ0) is 16.9. The Hall–Kier alpha value is -3.66. The van der Waals surface area contributed by atoms with Crippen molar-refractivity contribution in [2.24, 2.45) is 0 Å². The third kappa shape index (κ3) is 3.56. The molecule has 0 saturated carbocycles. The number of nitrogens with one attached hydrogen (secondary N) is 2. The minimum Gasteiger partial charge on any atom is -0.360 e. The average Bonchev–Trinajstić information content (AvgIpc) is 3.00. The highest BCUT2D eigenvalue weighted by Crippen LogP contribution is 2.18. The smallest absolute Gasteiger partial charge is 0.258 e. The van der Waals surface area contributed by atoms with Gasteiger partial charge in [-0.25, -0.2) is 0 Å². The number of pyridine rings is 1. The Labute approximate surface area is 137 Å². The van der Waals surface area contributed by atoms with Crippen molar-refractivity contribution in [3.05, 3.63) is 65.7 Å². The summed E-state index contributed by atoms with van der Waals surface area (Å²) >= 11 is 0. The number of amides is 1. The second-order valence-electron chi connectivity index (χ2n) is 5.05. The maximum atomic E-state index is 12.2. The van der Waals surface area contributed by atoms with Gasteiger partial charge in [-0.2, -0.15) is 5.26 Å². The third-order valence-electron chi connectivity index (χ3n) is 3.17. The van der Waals surface area contributed by atoms with Crippen molar-refractivity contribution in [2.45, 2.75) is 6.92 Å². The molecule has 0 aliphatic heterocycles. The van der Waals surface area contributed by atoms with Gasteiger partial charge in [0.15, 0.2) is 5.82 Å². The SMILES string of the molecule is Cc1cc(NC(=O)c2cncc(Nc3ccc(C#N)cc3)c2)no1. The third-order valence-corrected chi connectivity index (χ3v) is 3.17. The molecule has 1 aromatic carbocycles. The van der Waals surface area contributed by atoms with Gasteiger partial charge in [0, 0.05) is 18.0 Å². The zero-order valence-electron chi connectivity index (χ0n) is 12.8. The molecule has 0 bridgehead atoms. The Morgan fingerprint density at radius 2 is 1.96 bits per heavy atom. The van der Waals surface area contributed by atoms with Gasteiger partial charge in [-0.15, -0.1) is 0 Å². The lowest BCUT2D eigenvalue weighted by atomic mass is 10.2. The van der Waals surface area contributed by atoms with Crippen molar-refractivity contribution < 1.29 is 9.32 Å². The summed E-state index contributed by atoms with van der Waals surface area (Å²) in [6.45, 7) is 1.74. The van der Waals surface area contributed by atoms with Crippen molar-refractivity contribution in [1.82, 2.24) is 10.1 Å². The summed E-state index contributed by atoms with van der Waals surface area (Å²) < 4.78 is 4.91. The van der Waals surface area contributed by atoms with E-state index in [4.69, 9.17) is 9.78 Å². The number of nitrogens with zero attached hydrogens (tertiary/aromatic N) is 3. The second kappa shape index (κ2) is 6.62. The van der Waals surface area contributed by atoms with E-state index >= 15 is 0 Å². The van der Waals surface area contributed by atoms with Gasteiger partial charge in [-0.1, -0.05) is 5.16 Å². The number of benzene rings is 1. The molecule has 0 radical (unpaired) electrons. The highest BCUT2D eigenvalue weighted by Gasteiger charge is 2.10. The summed E-state index contributed by atoms with van der Waals surface area (Å²) in [5, 5.41) is 18.3. The maximum absolute atomic E-state index is 12.2. The second-order valence-corrected chi connectivity index (χ2v) is 5.05. The van der Waals surface area contributed by atoms with Crippen LogP contribution in [0.25, 0.3) is 0 Å². The molecule has 0 saturated heterocycles. The minimum absolute atomic E-state index is 0.334. The van der Waals surface area contributed by atoms with Crippen molar-refractivity contribution in [3.63, 3.8) is 0 Å². The van der Waals surface area contributed by atoms with Gasteiger partial charge >= 0.3 is 0 Å². The molecule has 2 aromatic heterocycles. The predicted molar refractivity (Wildman–Crippen MR) is 87.9 cm³/mol. The predicted octanol–water partition coefficient (Wildman–Crippen LogP) is 3.25. The Morgan fingerprint density at radius 1 is 1.17 bits per heavy atom. The molecule has 3 aromatic rings. The van der Waals surface area contributed by atoms with Crippen LogP contribution in [0, 0.1) is 18.3 Å². The van der Waals surface area contributed by atoms with Crippen LogP contribution in [-0.4, -0.2) is 16.0 Å². The topological polar surface area (TPSA) is 104 Å². The van der Waals surface area contributed by atoms with Crippen molar-refractivity contribution >= 4 is 23.1 Å². The molecule has 1 amide bonds. The van der Waals surface area contributed by atoms with Crippen LogP contribution in [0.5, 0.6) is 0 Å². The summed E-state index contributed by atoms with van der Waals surface area (Å²) in [4.78, 5) is 16.3. The molecule has 0 atom stereocenters. The lowest BCUT2D eigenvalue weighted by molar-refractivity contribution is 0.102. The fourth-order valence-corrected chi connectivity index (χ4v) is 2.04. The van der Waals surface area contributed by atoms with Gasteiger partial charge in [-0.3, -0.25) is 9.78 Å². The average molecular weight is 319 g/mol. The summed E-state index contributed by atoms with van der Waals surface area (Å²) in [5.74, 6) is 0.627. The van der Waals surface area contributed by atoms with Gasteiger partial charge in [0.25, 0.3) is 5.91 Å². The molecule has 7 heteroatoms. The number of rotatable bonds is 4. The minimum atomic E-state index is -0.334. The van der Waals surface area contributed by atoms with Gasteiger partial charge in [0.1, 0.15) is 5.76 Å². The standard InChI is InChI=1S/C17H13N5O2/c1-11-6-16(22-24-11)21-17(23)13-7-15(10-19-9-13)20-14-4-2-12(8-18)3-5-14/h2-7,9-10,20H,1H3,(H,21,22,23). The quantitative estimate of drug-likeness (QED) is 0.765. The van der Waals surface area contributed by atoms with Crippen molar-refractivity contribution in [2.75, 3.05) is 10.6 Å². The van der Waals surface area contributed by atoms with E-state index in [0.717, 1.165) is 5.69 Å². The number of carbonyl (C=O) groups excluding carboxylic acids is 1. The van der Waals surface area contributed by atoms with Crippen LogP contribution in [0.1, 0.15) is 21.7 Å². The molecule has 2 N–H and O–H groups in total. The normalized spacial score (nSPS) is 10.0. The van der Waals surface area contributed by atoms with Crippen molar-refractivity contribution in [1.29, 1.82) is 5.26 Å². The lowest BCUT2D eigenvalue weighted by Gasteiger charge is -2.07.